The number of ether oxygens (including phenoxy) is 1. The molecule has 0 fully saturated rings. The maximum Gasteiger partial charge on any atom is 0.306 e. The predicted molar refractivity (Wildman–Crippen MR) is 190 cm³/mol. The Morgan fingerprint density at radius 2 is 1.00 bits per heavy atom. The smallest absolute Gasteiger partial charge is 0.306 e. The van der Waals surface area contributed by atoms with Gasteiger partial charge in [0.1, 0.15) is 6.10 Å². The van der Waals surface area contributed by atoms with Gasteiger partial charge in [-0.2, -0.15) is 0 Å². The van der Waals surface area contributed by atoms with Crippen molar-refractivity contribution in [3.05, 3.63) is 72.9 Å². The van der Waals surface area contributed by atoms with E-state index in [1.807, 2.05) is 0 Å². The molecule has 0 aromatic rings. The molecule has 0 spiro atoms. The van der Waals surface area contributed by atoms with Crippen LogP contribution in [0, 0.1) is 0 Å². The zero-order valence-corrected chi connectivity index (χ0v) is 28.4. The van der Waals surface area contributed by atoms with Crippen molar-refractivity contribution in [2.45, 2.75) is 168 Å². The first-order chi connectivity index (χ1) is 21.6. The number of hydrogen-bond donors (Lipinski definition) is 1. The first-order valence-electron chi connectivity index (χ1n) is 17.9. The summed E-state index contributed by atoms with van der Waals surface area (Å²) in [4.78, 5) is 23.3. The minimum atomic E-state index is -0.717. The van der Waals surface area contributed by atoms with Gasteiger partial charge in [0.15, 0.2) is 0 Å². The second-order valence-corrected chi connectivity index (χ2v) is 11.7. The van der Waals surface area contributed by atoms with Crippen LogP contribution in [0.3, 0.4) is 0 Å². The van der Waals surface area contributed by atoms with Crippen molar-refractivity contribution in [3.63, 3.8) is 0 Å². The van der Waals surface area contributed by atoms with Gasteiger partial charge in [-0.15, -0.1) is 0 Å². The van der Waals surface area contributed by atoms with Crippen LogP contribution >= 0.6 is 0 Å². The van der Waals surface area contributed by atoms with Crippen LogP contribution in [0.5, 0.6) is 0 Å². The van der Waals surface area contributed by atoms with Crippen LogP contribution in [0.1, 0.15) is 162 Å². The molecule has 0 amide bonds. The lowest BCUT2D eigenvalue weighted by Crippen LogP contribution is -2.18. The van der Waals surface area contributed by atoms with E-state index in [-0.39, 0.29) is 18.5 Å². The number of aliphatic carboxylic acids is 1. The average molecular weight is 611 g/mol. The summed E-state index contributed by atoms with van der Waals surface area (Å²) in [6.45, 7) is 4.40. The zero-order chi connectivity index (χ0) is 32.2. The Morgan fingerprint density at radius 3 is 1.61 bits per heavy atom. The molecule has 250 valence electrons. The topological polar surface area (TPSA) is 63.6 Å². The highest BCUT2D eigenvalue weighted by atomic mass is 16.5. The summed E-state index contributed by atoms with van der Waals surface area (Å²) in [5, 5.41) is 8.80. The van der Waals surface area contributed by atoms with Crippen molar-refractivity contribution in [3.8, 4) is 0 Å². The van der Waals surface area contributed by atoms with Gasteiger partial charge in [-0.25, -0.2) is 0 Å². The summed E-state index contributed by atoms with van der Waals surface area (Å²) in [6, 6.07) is 0. The van der Waals surface area contributed by atoms with Crippen LogP contribution in [0.15, 0.2) is 72.9 Å². The Balaban J connectivity index is 4.32. The van der Waals surface area contributed by atoms with Gasteiger partial charge in [0.25, 0.3) is 0 Å². The van der Waals surface area contributed by atoms with Gasteiger partial charge in [-0.1, -0.05) is 132 Å². The molecule has 0 rings (SSSR count). The summed E-state index contributed by atoms with van der Waals surface area (Å²) in [7, 11) is 0. The SMILES string of the molecule is CC/C=C\C/C=C\C/C=C\C/C=C\CCC(=O)OC(CCC/C=C\C/C=C\CCCCCCC)CCCCCCCC(=O)O. The lowest BCUT2D eigenvalue weighted by Gasteiger charge is -2.17. The Hall–Kier alpha value is -2.62. The Labute approximate surface area is 271 Å². The largest absolute Gasteiger partial charge is 0.481 e. The molecule has 0 saturated heterocycles. The van der Waals surface area contributed by atoms with Gasteiger partial charge in [-0.3, -0.25) is 9.59 Å². The zero-order valence-electron chi connectivity index (χ0n) is 28.4. The third-order valence-electron chi connectivity index (χ3n) is 7.43. The van der Waals surface area contributed by atoms with E-state index in [1.165, 1.54) is 38.5 Å². The quantitative estimate of drug-likeness (QED) is 0.0482. The molecule has 44 heavy (non-hydrogen) atoms. The first kappa shape index (κ1) is 41.4. The van der Waals surface area contributed by atoms with Gasteiger partial charge in [-0.05, 0) is 89.9 Å². The monoisotopic (exact) mass is 610 g/mol. The molecule has 0 aliphatic rings. The van der Waals surface area contributed by atoms with Crippen LogP contribution in [-0.2, 0) is 14.3 Å². The van der Waals surface area contributed by atoms with E-state index in [0.29, 0.717) is 12.8 Å². The van der Waals surface area contributed by atoms with Crippen molar-refractivity contribution in [1.82, 2.24) is 0 Å². The third kappa shape index (κ3) is 33.9. The lowest BCUT2D eigenvalue weighted by molar-refractivity contribution is -0.149. The highest BCUT2D eigenvalue weighted by Gasteiger charge is 2.13. The van der Waals surface area contributed by atoms with Gasteiger partial charge in [0.2, 0.25) is 0 Å². The van der Waals surface area contributed by atoms with Crippen molar-refractivity contribution >= 4 is 11.9 Å². The molecule has 0 saturated carbocycles. The minimum Gasteiger partial charge on any atom is -0.481 e. The highest BCUT2D eigenvalue weighted by molar-refractivity contribution is 5.69. The van der Waals surface area contributed by atoms with Crippen LogP contribution in [0.4, 0.5) is 0 Å². The molecule has 1 N–H and O–H groups in total. The van der Waals surface area contributed by atoms with Crippen molar-refractivity contribution in [1.29, 1.82) is 0 Å². The summed E-state index contributed by atoms with van der Waals surface area (Å²) >= 11 is 0. The standard InChI is InChI=1S/C40H66O4/c1-3-5-7-9-11-13-15-17-19-21-23-26-30-34-38(35-31-27-25-28-32-36-39(41)42)44-40(43)37-33-29-24-22-20-18-16-14-12-10-8-6-4-2/h6,8,12,14-15,17-18,20-21,23-24,29,38H,3-5,7,9-11,13,16,19,22,25-28,30-37H2,1-2H3,(H,41,42)/b8-6-,14-12-,17-15-,20-18-,23-21-,29-24-. The average Bonchev–Trinajstić information content (AvgIpc) is 3.00. The van der Waals surface area contributed by atoms with E-state index in [2.05, 4.69) is 86.8 Å². The fourth-order valence-corrected chi connectivity index (χ4v) is 4.82. The molecule has 0 aromatic heterocycles. The van der Waals surface area contributed by atoms with Crippen molar-refractivity contribution < 1.29 is 19.4 Å². The van der Waals surface area contributed by atoms with E-state index in [9.17, 15) is 9.59 Å². The maximum atomic E-state index is 12.6. The molecule has 0 heterocycles. The van der Waals surface area contributed by atoms with Gasteiger partial charge < -0.3 is 9.84 Å². The second-order valence-electron chi connectivity index (χ2n) is 11.7. The number of esters is 1. The van der Waals surface area contributed by atoms with E-state index in [1.54, 1.807) is 0 Å². The molecular weight excluding hydrogens is 544 g/mol. The van der Waals surface area contributed by atoms with E-state index in [4.69, 9.17) is 9.84 Å². The molecule has 0 aromatic carbocycles. The predicted octanol–water partition coefficient (Wildman–Crippen LogP) is 12.3. The van der Waals surface area contributed by atoms with Crippen molar-refractivity contribution in [2.24, 2.45) is 0 Å². The van der Waals surface area contributed by atoms with Crippen LogP contribution in [0.25, 0.3) is 0 Å². The molecular formula is C40H66O4. The van der Waals surface area contributed by atoms with Gasteiger partial charge in [0.05, 0.1) is 0 Å². The summed E-state index contributed by atoms with van der Waals surface area (Å²) in [5.41, 5.74) is 0. The van der Waals surface area contributed by atoms with Gasteiger partial charge >= 0.3 is 11.9 Å². The number of allylic oxidation sites excluding steroid dienone is 12. The number of carbonyl (C=O) groups is 2. The molecule has 0 aliphatic carbocycles. The molecule has 0 aliphatic heterocycles. The van der Waals surface area contributed by atoms with Crippen LogP contribution in [0.2, 0.25) is 0 Å². The number of hydrogen-bond acceptors (Lipinski definition) is 3. The number of rotatable bonds is 31. The highest BCUT2D eigenvalue weighted by Crippen LogP contribution is 2.17. The summed E-state index contributed by atoms with van der Waals surface area (Å²) in [6.07, 6.45) is 49.1. The number of carbonyl (C=O) groups excluding carboxylic acids is 1. The maximum absolute atomic E-state index is 12.6. The molecule has 4 nitrogen and oxygen atoms in total. The normalized spacial score (nSPS) is 13.1. The third-order valence-corrected chi connectivity index (χ3v) is 7.43. The Kier molecular flexibility index (Phi) is 32.8. The van der Waals surface area contributed by atoms with Crippen LogP contribution < -0.4 is 0 Å². The fourth-order valence-electron chi connectivity index (χ4n) is 4.82. The van der Waals surface area contributed by atoms with Crippen molar-refractivity contribution in [2.75, 3.05) is 0 Å². The lowest BCUT2D eigenvalue weighted by atomic mass is 10.0. The molecule has 4 heteroatoms. The van der Waals surface area contributed by atoms with E-state index in [0.717, 1.165) is 89.9 Å². The second kappa shape index (κ2) is 34.9. The summed E-state index contributed by atoms with van der Waals surface area (Å²) in [5.74, 6) is -0.820. The fraction of sp³-hybridized carbons (Fsp3) is 0.650. The molecule has 0 bridgehead atoms. The van der Waals surface area contributed by atoms with E-state index >= 15 is 0 Å². The van der Waals surface area contributed by atoms with E-state index < -0.39 is 5.97 Å². The number of unbranched alkanes of at least 4 members (excludes halogenated alkanes) is 10. The molecule has 0 radical (unpaired) electrons. The Morgan fingerprint density at radius 1 is 0.523 bits per heavy atom. The van der Waals surface area contributed by atoms with Crippen LogP contribution in [-0.4, -0.2) is 23.1 Å². The molecule has 1 unspecified atom stereocenters. The first-order valence-corrected chi connectivity index (χ1v) is 17.9. The Bertz CT molecular complexity index is 830. The molecule has 1 atom stereocenters. The summed E-state index contributed by atoms with van der Waals surface area (Å²) < 4.78 is 5.91. The van der Waals surface area contributed by atoms with Gasteiger partial charge in [0, 0.05) is 12.8 Å². The minimum absolute atomic E-state index is 0.0278. The number of carboxylic acid groups (broad SMARTS) is 1. The number of carboxylic acids is 1.